The van der Waals surface area contributed by atoms with Gasteiger partial charge >= 0.3 is 0 Å². The van der Waals surface area contributed by atoms with Crippen molar-refractivity contribution in [3.05, 3.63) is 80.6 Å². The number of amides is 2. The zero-order chi connectivity index (χ0) is 21.4. The van der Waals surface area contributed by atoms with Crippen molar-refractivity contribution >= 4 is 51.7 Å². The first-order chi connectivity index (χ1) is 13.8. The third-order valence-electron chi connectivity index (χ3n) is 3.84. The van der Waals surface area contributed by atoms with Gasteiger partial charge in [0.25, 0.3) is 5.91 Å². The van der Waals surface area contributed by atoms with Gasteiger partial charge in [-0.15, -0.1) is 0 Å². The van der Waals surface area contributed by atoms with Crippen LogP contribution in [0.3, 0.4) is 0 Å². The van der Waals surface area contributed by atoms with Crippen molar-refractivity contribution in [1.82, 2.24) is 10.3 Å². The molecule has 0 fully saturated rings. The molecule has 7 heteroatoms. The van der Waals surface area contributed by atoms with Gasteiger partial charge in [0.1, 0.15) is 0 Å². The van der Waals surface area contributed by atoms with Gasteiger partial charge in [-0.05, 0) is 72.8 Å². The lowest BCUT2D eigenvalue weighted by atomic mass is 10.1. The highest BCUT2D eigenvalue weighted by molar-refractivity contribution is 14.1. The number of carbonyl (C=O) groups excluding carboxylic acids is 2. The van der Waals surface area contributed by atoms with Crippen LogP contribution in [0.5, 0.6) is 0 Å². The number of likely N-dealkylation sites (N-methyl/N-ethyl adjacent to an activating group) is 1. The summed E-state index contributed by atoms with van der Waals surface area (Å²) in [6, 6.07) is 11.3. The second kappa shape index (κ2) is 10.9. The summed E-state index contributed by atoms with van der Waals surface area (Å²) in [6.45, 7) is 3.63. The molecule has 0 spiro atoms. The topological polar surface area (TPSA) is 71.1 Å². The molecule has 0 bridgehead atoms. The number of nitrogens with one attached hydrogen (secondary N) is 2. The monoisotopic (exact) mass is 521 g/mol. The number of nitrogens with zero attached hydrogens (tertiary/aromatic N) is 1. The number of benzene rings is 1. The van der Waals surface area contributed by atoms with Crippen LogP contribution in [0.15, 0.2) is 77.0 Å². The Morgan fingerprint density at radius 2 is 1.93 bits per heavy atom. The Bertz CT molecular complexity index is 994. The van der Waals surface area contributed by atoms with Gasteiger partial charge in [0.2, 0.25) is 5.91 Å². The second-order valence-electron chi connectivity index (χ2n) is 6.23. The molecule has 0 unspecified atom stereocenters. The summed E-state index contributed by atoms with van der Waals surface area (Å²) in [5.41, 5.74) is 3.42. The Labute approximate surface area is 189 Å². The van der Waals surface area contributed by atoms with Gasteiger partial charge in [-0.1, -0.05) is 29.3 Å². The van der Waals surface area contributed by atoms with E-state index in [0.29, 0.717) is 10.7 Å². The van der Waals surface area contributed by atoms with Crippen LogP contribution in [0, 0.1) is 3.57 Å². The quantitative estimate of drug-likeness (QED) is 0.317. The van der Waals surface area contributed by atoms with E-state index in [4.69, 9.17) is 11.6 Å². The standard InChI is InChI=1S/C22H21ClIN3O2/c1-14(2)21(23)16(7-6-9-20(28)25-3)22(29)27-15-10-11-18(24)17(13-15)19-8-4-5-12-26-19/h4-13H,1-3H3,(H,25,28)(H,27,29)/b9-6+,16-7+. The highest BCUT2D eigenvalue weighted by Gasteiger charge is 2.15. The van der Waals surface area contributed by atoms with Crippen LogP contribution in [-0.4, -0.2) is 23.8 Å². The molecule has 2 aromatic rings. The van der Waals surface area contributed by atoms with Crippen LogP contribution in [0.1, 0.15) is 13.8 Å². The number of anilines is 1. The fourth-order valence-corrected chi connectivity index (χ4v) is 3.11. The highest BCUT2D eigenvalue weighted by atomic mass is 127. The van der Waals surface area contributed by atoms with E-state index in [2.05, 4.69) is 38.2 Å². The van der Waals surface area contributed by atoms with E-state index in [1.165, 1.54) is 25.3 Å². The van der Waals surface area contributed by atoms with Gasteiger partial charge in [-0.25, -0.2) is 0 Å². The summed E-state index contributed by atoms with van der Waals surface area (Å²) in [4.78, 5) is 28.6. The maximum atomic E-state index is 12.9. The number of pyridine rings is 1. The Balaban J connectivity index is 2.34. The molecule has 2 N–H and O–H groups in total. The fraction of sp³-hybridized carbons (Fsp3) is 0.136. The molecule has 5 nitrogen and oxygen atoms in total. The lowest BCUT2D eigenvalue weighted by Crippen LogP contribution is -2.16. The third kappa shape index (κ3) is 6.54. The van der Waals surface area contributed by atoms with Gasteiger partial charge < -0.3 is 10.6 Å². The Morgan fingerprint density at radius 3 is 2.55 bits per heavy atom. The molecule has 0 aliphatic heterocycles. The molecule has 1 aromatic heterocycles. The predicted octanol–water partition coefficient (Wildman–Crippen LogP) is 5.05. The van der Waals surface area contributed by atoms with E-state index in [9.17, 15) is 9.59 Å². The smallest absolute Gasteiger partial charge is 0.257 e. The van der Waals surface area contributed by atoms with Crippen LogP contribution in [0.2, 0.25) is 0 Å². The molecule has 0 aliphatic rings. The normalized spacial score (nSPS) is 11.3. The van der Waals surface area contributed by atoms with Crippen molar-refractivity contribution in [3.8, 4) is 11.3 Å². The van der Waals surface area contributed by atoms with Gasteiger partial charge in [0.15, 0.2) is 0 Å². The van der Waals surface area contributed by atoms with E-state index < -0.39 is 0 Å². The van der Waals surface area contributed by atoms with Crippen molar-refractivity contribution in [1.29, 1.82) is 0 Å². The number of rotatable bonds is 6. The maximum absolute atomic E-state index is 12.9. The summed E-state index contributed by atoms with van der Waals surface area (Å²) >= 11 is 8.58. The minimum atomic E-state index is -0.370. The summed E-state index contributed by atoms with van der Waals surface area (Å²) in [7, 11) is 1.53. The van der Waals surface area contributed by atoms with Crippen molar-refractivity contribution in [3.63, 3.8) is 0 Å². The number of aromatic nitrogens is 1. The molecule has 1 heterocycles. The zero-order valence-corrected chi connectivity index (χ0v) is 19.2. The SMILES string of the molecule is CNC(=O)/C=C/C=C(/C(=O)Nc1ccc(I)c(-c2ccccn2)c1)C(Cl)=C(C)C. The molecule has 0 radical (unpaired) electrons. The maximum Gasteiger partial charge on any atom is 0.257 e. The molecule has 29 heavy (non-hydrogen) atoms. The van der Waals surface area contributed by atoms with Gasteiger partial charge in [0, 0.05) is 34.1 Å². The Hall–Kier alpha value is -2.45. The highest BCUT2D eigenvalue weighted by Crippen LogP contribution is 2.28. The van der Waals surface area contributed by atoms with Crippen LogP contribution in [-0.2, 0) is 9.59 Å². The van der Waals surface area contributed by atoms with Crippen molar-refractivity contribution in [2.24, 2.45) is 0 Å². The van der Waals surface area contributed by atoms with Gasteiger partial charge in [-0.3, -0.25) is 14.6 Å². The lowest BCUT2D eigenvalue weighted by Gasteiger charge is -2.11. The molecule has 2 rings (SSSR count). The number of hydrogen-bond acceptors (Lipinski definition) is 3. The summed E-state index contributed by atoms with van der Waals surface area (Å²) < 4.78 is 1.02. The van der Waals surface area contributed by atoms with Crippen LogP contribution < -0.4 is 10.6 Å². The minimum Gasteiger partial charge on any atom is -0.356 e. The van der Waals surface area contributed by atoms with Gasteiger partial charge in [0.05, 0.1) is 16.3 Å². The first kappa shape index (κ1) is 22.8. The largest absolute Gasteiger partial charge is 0.356 e. The predicted molar refractivity (Wildman–Crippen MR) is 127 cm³/mol. The molecular weight excluding hydrogens is 501 g/mol. The first-order valence-corrected chi connectivity index (χ1v) is 10.2. The van der Waals surface area contributed by atoms with E-state index in [1.54, 1.807) is 6.20 Å². The number of carbonyl (C=O) groups is 2. The van der Waals surface area contributed by atoms with E-state index in [1.807, 2.05) is 50.2 Å². The molecule has 150 valence electrons. The second-order valence-corrected chi connectivity index (χ2v) is 7.77. The molecule has 1 aromatic carbocycles. The van der Waals surface area contributed by atoms with Crippen molar-refractivity contribution in [2.45, 2.75) is 13.8 Å². The average Bonchev–Trinajstić information content (AvgIpc) is 2.72. The van der Waals surface area contributed by atoms with Crippen LogP contribution in [0.25, 0.3) is 11.3 Å². The molecule has 0 aliphatic carbocycles. The number of hydrogen-bond donors (Lipinski definition) is 2. The molecule has 0 saturated heterocycles. The minimum absolute atomic E-state index is 0.268. The summed E-state index contributed by atoms with van der Waals surface area (Å²) in [5, 5.41) is 5.69. The van der Waals surface area contributed by atoms with E-state index in [-0.39, 0.29) is 17.4 Å². The van der Waals surface area contributed by atoms with Crippen LogP contribution in [0.4, 0.5) is 5.69 Å². The average molecular weight is 522 g/mol. The van der Waals surface area contributed by atoms with E-state index in [0.717, 1.165) is 20.4 Å². The third-order valence-corrected chi connectivity index (χ3v) is 5.36. The zero-order valence-electron chi connectivity index (χ0n) is 16.3. The molecule has 0 saturated carbocycles. The van der Waals surface area contributed by atoms with E-state index >= 15 is 0 Å². The number of halogens is 2. The lowest BCUT2D eigenvalue weighted by molar-refractivity contribution is -0.116. The van der Waals surface area contributed by atoms with Crippen molar-refractivity contribution in [2.75, 3.05) is 12.4 Å². The summed E-state index contributed by atoms with van der Waals surface area (Å²) in [6.07, 6.45) is 6.07. The van der Waals surface area contributed by atoms with Crippen molar-refractivity contribution < 1.29 is 9.59 Å². The first-order valence-electron chi connectivity index (χ1n) is 8.79. The molecule has 0 atom stereocenters. The Morgan fingerprint density at radius 1 is 1.17 bits per heavy atom. The van der Waals surface area contributed by atoms with Crippen LogP contribution >= 0.6 is 34.2 Å². The number of allylic oxidation sites excluding steroid dienone is 3. The van der Waals surface area contributed by atoms with Gasteiger partial charge in [-0.2, -0.15) is 0 Å². The summed E-state index contributed by atoms with van der Waals surface area (Å²) in [5.74, 6) is -0.641. The molecule has 2 amide bonds. The molecular formula is C22H21ClIN3O2. The fourth-order valence-electron chi connectivity index (χ4n) is 2.35. The Kier molecular flexibility index (Phi) is 8.60.